The predicted molar refractivity (Wildman–Crippen MR) is 85.2 cm³/mol. The fourth-order valence-corrected chi connectivity index (χ4v) is 3.79. The summed E-state index contributed by atoms with van der Waals surface area (Å²) in [7, 11) is 0. The Kier molecular flexibility index (Phi) is 3.58. The number of carbonyl (C=O) groups is 2. The van der Waals surface area contributed by atoms with Gasteiger partial charge in [0, 0.05) is 49.8 Å². The second-order valence-corrected chi connectivity index (χ2v) is 7.41. The molecule has 3 fully saturated rings. The van der Waals surface area contributed by atoms with E-state index in [1.807, 2.05) is 17.0 Å². The van der Waals surface area contributed by atoms with Crippen LogP contribution in [-0.2, 0) is 16.1 Å². The van der Waals surface area contributed by atoms with E-state index >= 15 is 0 Å². The molecule has 0 bridgehead atoms. The molecule has 2 saturated carbocycles. The molecule has 5 heteroatoms. The number of pyridine rings is 1. The third kappa shape index (κ3) is 3.09. The highest BCUT2D eigenvalue weighted by Gasteiger charge is 2.61. The van der Waals surface area contributed by atoms with Crippen molar-refractivity contribution >= 4 is 11.8 Å². The lowest BCUT2D eigenvalue weighted by molar-refractivity contribution is -0.131. The molecule has 1 N–H and O–H groups in total. The van der Waals surface area contributed by atoms with Gasteiger partial charge in [0.2, 0.25) is 11.8 Å². The third-order valence-corrected chi connectivity index (χ3v) is 5.59. The van der Waals surface area contributed by atoms with E-state index in [4.69, 9.17) is 0 Å². The number of nitrogens with one attached hydrogen (secondary N) is 1. The molecule has 23 heavy (non-hydrogen) atoms. The number of rotatable bonds is 5. The Hall–Kier alpha value is -1.91. The van der Waals surface area contributed by atoms with Crippen LogP contribution in [0.4, 0.5) is 0 Å². The van der Waals surface area contributed by atoms with Crippen LogP contribution < -0.4 is 5.32 Å². The van der Waals surface area contributed by atoms with Crippen LogP contribution in [0.2, 0.25) is 0 Å². The maximum absolute atomic E-state index is 12.4. The van der Waals surface area contributed by atoms with Crippen molar-refractivity contribution in [1.82, 2.24) is 15.2 Å². The quantitative estimate of drug-likeness (QED) is 0.900. The van der Waals surface area contributed by atoms with Gasteiger partial charge in [0.15, 0.2) is 0 Å². The Morgan fingerprint density at radius 3 is 3.00 bits per heavy atom. The smallest absolute Gasteiger partial charge is 0.224 e. The van der Waals surface area contributed by atoms with Crippen LogP contribution in [0.15, 0.2) is 24.5 Å². The molecule has 5 nitrogen and oxygen atoms in total. The summed E-state index contributed by atoms with van der Waals surface area (Å²) in [5, 5.41) is 3.02. The van der Waals surface area contributed by atoms with Crippen molar-refractivity contribution in [2.75, 3.05) is 13.1 Å². The van der Waals surface area contributed by atoms with Gasteiger partial charge in [-0.2, -0.15) is 0 Å². The van der Waals surface area contributed by atoms with Crippen molar-refractivity contribution in [2.24, 2.45) is 17.3 Å². The van der Waals surface area contributed by atoms with E-state index in [1.54, 1.807) is 12.4 Å². The summed E-state index contributed by atoms with van der Waals surface area (Å²) < 4.78 is 0. The van der Waals surface area contributed by atoms with Crippen molar-refractivity contribution in [3.8, 4) is 0 Å². The zero-order valence-corrected chi connectivity index (χ0v) is 13.3. The van der Waals surface area contributed by atoms with Crippen molar-refractivity contribution in [3.05, 3.63) is 30.1 Å². The number of hydrogen-bond donors (Lipinski definition) is 1. The van der Waals surface area contributed by atoms with Gasteiger partial charge in [-0.1, -0.05) is 6.07 Å². The summed E-state index contributed by atoms with van der Waals surface area (Å²) in [6, 6.07) is 3.84. The molecule has 122 valence electrons. The van der Waals surface area contributed by atoms with Crippen LogP contribution in [0.3, 0.4) is 0 Å². The zero-order chi connectivity index (χ0) is 15.9. The van der Waals surface area contributed by atoms with Crippen molar-refractivity contribution < 1.29 is 9.59 Å². The van der Waals surface area contributed by atoms with E-state index in [0.717, 1.165) is 31.5 Å². The van der Waals surface area contributed by atoms with Crippen molar-refractivity contribution in [3.63, 3.8) is 0 Å². The largest absolute Gasteiger partial charge is 0.352 e. The highest BCUT2D eigenvalue weighted by molar-refractivity contribution is 5.83. The van der Waals surface area contributed by atoms with Gasteiger partial charge in [-0.25, -0.2) is 0 Å². The maximum atomic E-state index is 12.4. The standard InChI is InChI=1S/C18H23N3O2/c22-16(8-13-3-4-13)21-7-5-18(12-21)9-15(18)17(23)20-11-14-2-1-6-19-10-14/h1-2,6,10,13,15H,3-5,7-9,11-12H2,(H,20,23)/t15-,18+/m1/s1. The molecule has 1 spiro atoms. The number of likely N-dealkylation sites (tertiary alicyclic amines) is 1. The Morgan fingerprint density at radius 1 is 1.39 bits per heavy atom. The van der Waals surface area contributed by atoms with Gasteiger partial charge in [0.05, 0.1) is 0 Å². The minimum absolute atomic E-state index is 0.0677. The normalized spacial score (nSPS) is 28.9. The monoisotopic (exact) mass is 313 g/mol. The molecule has 0 radical (unpaired) electrons. The van der Waals surface area contributed by atoms with Crippen LogP contribution in [0.1, 0.15) is 37.7 Å². The minimum atomic E-state index is 0.0677. The highest BCUT2D eigenvalue weighted by Crippen LogP contribution is 2.58. The van der Waals surface area contributed by atoms with E-state index in [-0.39, 0.29) is 17.2 Å². The lowest BCUT2D eigenvalue weighted by Gasteiger charge is -2.16. The first-order valence-corrected chi connectivity index (χ1v) is 8.61. The summed E-state index contributed by atoms with van der Waals surface area (Å²) in [6.45, 7) is 2.14. The molecule has 2 aliphatic carbocycles. The SMILES string of the molecule is O=C(NCc1cccnc1)[C@H]1C[C@]12CCN(C(=O)CC1CC1)C2. The van der Waals surface area contributed by atoms with Gasteiger partial charge in [-0.15, -0.1) is 0 Å². The Labute approximate surface area is 136 Å². The van der Waals surface area contributed by atoms with Crippen LogP contribution in [-0.4, -0.2) is 34.8 Å². The lowest BCUT2D eigenvalue weighted by Crippen LogP contribution is -2.31. The average Bonchev–Trinajstić information content (AvgIpc) is 3.45. The summed E-state index contributed by atoms with van der Waals surface area (Å²) in [5.41, 5.74) is 1.08. The van der Waals surface area contributed by atoms with Gasteiger partial charge in [0.25, 0.3) is 0 Å². The molecule has 4 rings (SSSR count). The molecule has 2 atom stereocenters. The molecule has 0 aromatic carbocycles. The van der Waals surface area contributed by atoms with Crippen LogP contribution in [0.25, 0.3) is 0 Å². The van der Waals surface area contributed by atoms with Gasteiger partial charge >= 0.3 is 0 Å². The van der Waals surface area contributed by atoms with Gasteiger partial charge in [0.1, 0.15) is 0 Å². The van der Waals surface area contributed by atoms with E-state index in [9.17, 15) is 9.59 Å². The predicted octanol–water partition coefficient (Wildman–Crippen LogP) is 1.74. The second-order valence-electron chi connectivity index (χ2n) is 7.41. The topological polar surface area (TPSA) is 62.3 Å². The molecule has 1 aromatic rings. The second kappa shape index (κ2) is 5.62. The molecule has 1 saturated heterocycles. The first kappa shape index (κ1) is 14.7. The van der Waals surface area contributed by atoms with Crippen LogP contribution >= 0.6 is 0 Å². The summed E-state index contributed by atoms with van der Waals surface area (Å²) >= 11 is 0. The summed E-state index contributed by atoms with van der Waals surface area (Å²) in [4.78, 5) is 30.6. The number of amides is 2. The fourth-order valence-electron chi connectivity index (χ4n) is 3.79. The van der Waals surface area contributed by atoms with Crippen LogP contribution in [0.5, 0.6) is 0 Å². The fraction of sp³-hybridized carbons (Fsp3) is 0.611. The molecule has 1 aromatic heterocycles. The summed E-state index contributed by atoms with van der Waals surface area (Å²) in [6.07, 6.45) is 8.55. The number of hydrogen-bond acceptors (Lipinski definition) is 3. The molecule has 2 heterocycles. The van der Waals surface area contributed by atoms with E-state index in [0.29, 0.717) is 24.8 Å². The Bertz CT molecular complexity index is 614. The number of carbonyl (C=O) groups excluding carboxylic acids is 2. The molecular formula is C18H23N3O2. The summed E-state index contributed by atoms with van der Waals surface area (Å²) in [5.74, 6) is 1.14. The van der Waals surface area contributed by atoms with Gasteiger partial charge < -0.3 is 10.2 Å². The Morgan fingerprint density at radius 2 is 2.26 bits per heavy atom. The van der Waals surface area contributed by atoms with E-state index in [1.165, 1.54) is 12.8 Å². The molecule has 1 aliphatic heterocycles. The first-order valence-electron chi connectivity index (χ1n) is 8.61. The van der Waals surface area contributed by atoms with Gasteiger partial charge in [-0.05, 0) is 43.2 Å². The molecule has 3 aliphatic rings. The zero-order valence-electron chi connectivity index (χ0n) is 13.3. The highest BCUT2D eigenvalue weighted by atomic mass is 16.2. The average molecular weight is 313 g/mol. The van der Waals surface area contributed by atoms with Gasteiger partial charge in [-0.3, -0.25) is 14.6 Å². The Balaban J connectivity index is 1.27. The van der Waals surface area contributed by atoms with Crippen LogP contribution in [0, 0.1) is 17.3 Å². The minimum Gasteiger partial charge on any atom is -0.352 e. The maximum Gasteiger partial charge on any atom is 0.224 e. The van der Waals surface area contributed by atoms with E-state index in [2.05, 4.69) is 10.3 Å². The lowest BCUT2D eigenvalue weighted by atomic mass is 10.0. The number of nitrogens with zero attached hydrogens (tertiary/aromatic N) is 2. The molecular weight excluding hydrogens is 290 g/mol. The number of aromatic nitrogens is 1. The molecule has 2 amide bonds. The third-order valence-electron chi connectivity index (χ3n) is 5.59. The first-order chi connectivity index (χ1) is 11.2. The van der Waals surface area contributed by atoms with Crippen molar-refractivity contribution in [1.29, 1.82) is 0 Å². The molecule has 0 unspecified atom stereocenters. The van der Waals surface area contributed by atoms with Crippen molar-refractivity contribution in [2.45, 2.75) is 38.6 Å². The van der Waals surface area contributed by atoms with E-state index < -0.39 is 0 Å².